The number of allylic oxidation sites excluding steroid dienone is 1. The number of aromatic nitrogens is 1. The maximum Gasteiger partial charge on any atom is 0.232 e. The summed E-state index contributed by atoms with van der Waals surface area (Å²) in [6, 6.07) is 0. The van der Waals surface area contributed by atoms with Crippen molar-refractivity contribution < 1.29 is 18.8 Å². The number of aryl methyl sites for hydroxylation is 1. The molecule has 1 aromatic heterocycles. The molecule has 0 aromatic carbocycles. The number of carbonyl (C=O) groups excluding carboxylic acids is 1. The number of ether oxygens (including phenoxy) is 2. The second-order valence-corrected chi connectivity index (χ2v) is 6.48. The first-order valence-corrected chi connectivity index (χ1v) is 6.66. The average molecular weight is 277 g/mol. The molecule has 1 aliphatic heterocycles. The van der Waals surface area contributed by atoms with Crippen LogP contribution in [0.1, 0.15) is 49.5 Å². The van der Waals surface area contributed by atoms with Gasteiger partial charge in [-0.2, -0.15) is 0 Å². The van der Waals surface area contributed by atoms with Crippen molar-refractivity contribution in [3.8, 4) is 0 Å². The molecule has 5 nitrogen and oxygen atoms in total. The molecule has 2 aliphatic rings. The molecule has 0 radical (unpaired) electrons. The van der Waals surface area contributed by atoms with Gasteiger partial charge in [-0.1, -0.05) is 19.0 Å². The van der Waals surface area contributed by atoms with Crippen LogP contribution in [0.3, 0.4) is 0 Å². The Morgan fingerprint density at radius 1 is 1.25 bits per heavy atom. The van der Waals surface area contributed by atoms with Gasteiger partial charge in [0.25, 0.3) is 0 Å². The first-order chi connectivity index (χ1) is 9.18. The molecule has 0 N–H and O–H groups in total. The first kappa shape index (κ1) is 13.4. The largest absolute Gasteiger partial charge is 0.493 e. The van der Waals surface area contributed by atoms with Crippen LogP contribution in [0.5, 0.6) is 0 Å². The molecule has 1 saturated heterocycles. The summed E-state index contributed by atoms with van der Waals surface area (Å²) in [5.41, 5.74) is -0.323. The average Bonchev–Trinajstić information content (AvgIpc) is 2.75. The van der Waals surface area contributed by atoms with E-state index >= 15 is 0 Å². The summed E-state index contributed by atoms with van der Waals surface area (Å²) in [6.45, 7) is 9.99. The molecular weight excluding hydrogens is 258 g/mol. The predicted molar refractivity (Wildman–Crippen MR) is 71.3 cm³/mol. The fourth-order valence-corrected chi connectivity index (χ4v) is 3.10. The second kappa shape index (κ2) is 3.52. The third-order valence-corrected chi connectivity index (χ3v) is 5.07. The number of carbonyl (C=O) groups is 1. The molecule has 5 heteroatoms. The highest BCUT2D eigenvalue weighted by molar-refractivity contribution is 6.10. The van der Waals surface area contributed by atoms with Crippen molar-refractivity contribution in [1.82, 2.24) is 5.16 Å². The van der Waals surface area contributed by atoms with E-state index in [2.05, 4.69) is 19.0 Å². The van der Waals surface area contributed by atoms with E-state index in [1.807, 2.05) is 13.8 Å². The highest BCUT2D eigenvalue weighted by Gasteiger charge is 2.70. The Morgan fingerprint density at radius 3 is 2.40 bits per heavy atom. The molecular formula is C15H19NO4. The summed E-state index contributed by atoms with van der Waals surface area (Å²) in [5, 5.41) is 4.09. The van der Waals surface area contributed by atoms with Crippen LogP contribution in [0.15, 0.2) is 16.4 Å². The van der Waals surface area contributed by atoms with Crippen molar-refractivity contribution in [2.24, 2.45) is 5.41 Å². The summed E-state index contributed by atoms with van der Waals surface area (Å²) in [6.07, 6.45) is 1.74. The standard InChI is InChI=1S/C15H19NO4/c1-8-10-11(17)9(18-6)7-15(12(10)16-19-8)13(2,3)14(4,5)20-15/h7H,1-6H3. The third kappa shape index (κ3) is 1.22. The molecule has 3 rings (SSSR count). The maximum atomic E-state index is 12.4. The number of methoxy groups -OCH3 is 1. The van der Waals surface area contributed by atoms with Crippen LogP contribution in [-0.4, -0.2) is 23.7 Å². The Balaban J connectivity index is 2.27. The molecule has 1 atom stereocenters. The van der Waals surface area contributed by atoms with Gasteiger partial charge in [-0.3, -0.25) is 4.79 Å². The molecule has 20 heavy (non-hydrogen) atoms. The van der Waals surface area contributed by atoms with Gasteiger partial charge in [0.15, 0.2) is 5.76 Å². The smallest absolute Gasteiger partial charge is 0.232 e. The topological polar surface area (TPSA) is 61.6 Å². The van der Waals surface area contributed by atoms with Gasteiger partial charge in [0.2, 0.25) is 5.78 Å². The van der Waals surface area contributed by atoms with Gasteiger partial charge in [-0.15, -0.1) is 0 Å². The second-order valence-electron chi connectivity index (χ2n) is 6.48. The Labute approximate surface area is 117 Å². The van der Waals surface area contributed by atoms with E-state index in [1.165, 1.54) is 7.11 Å². The number of fused-ring (bicyclic) bond motifs is 2. The Morgan fingerprint density at radius 2 is 1.90 bits per heavy atom. The summed E-state index contributed by atoms with van der Waals surface area (Å²) >= 11 is 0. The van der Waals surface area contributed by atoms with E-state index in [0.29, 0.717) is 17.0 Å². The van der Waals surface area contributed by atoms with Gasteiger partial charge in [0.1, 0.15) is 17.1 Å². The zero-order valence-electron chi connectivity index (χ0n) is 12.7. The number of Topliss-reactive ketones (excluding diaryl/α,β-unsaturated/α-hetero) is 1. The fraction of sp³-hybridized carbons (Fsp3) is 0.600. The van der Waals surface area contributed by atoms with E-state index in [1.54, 1.807) is 13.0 Å². The fourth-order valence-electron chi connectivity index (χ4n) is 3.10. The van der Waals surface area contributed by atoms with Crippen molar-refractivity contribution in [3.05, 3.63) is 28.9 Å². The lowest BCUT2D eigenvalue weighted by molar-refractivity contribution is -0.344. The molecule has 1 spiro atoms. The summed E-state index contributed by atoms with van der Waals surface area (Å²) in [5.74, 6) is 0.583. The van der Waals surface area contributed by atoms with E-state index in [4.69, 9.17) is 14.0 Å². The quantitative estimate of drug-likeness (QED) is 0.790. The van der Waals surface area contributed by atoms with Gasteiger partial charge < -0.3 is 14.0 Å². The molecule has 2 heterocycles. The molecule has 108 valence electrons. The van der Waals surface area contributed by atoms with Crippen molar-refractivity contribution >= 4 is 5.78 Å². The maximum absolute atomic E-state index is 12.4. The first-order valence-electron chi connectivity index (χ1n) is 6.66. The van der Waals surface area contributed by atoms with Crippen LogP contribution < -0.4 is 0 Å². The van der Waals surface area contributed by atoms with Gasteiger partial charge >= 0.3 is 0 Å². The Hall–Kier alpha value is -1.62. The number of rotatable bonds is 1. The minimum atomic E-state index is -0.775. The number of nitrogens with zero attached hydrogens (tertiary/aromatic N) is 1. The SMILES string of the molecule is COC1=CC2(OC(C)(C)C2(C)C)c2noc(C)c2C1=O. The molecule has 0 amide bonds. The van der Waals surface area contributed by atoms with Crippen LogP contribution in [0.2, 0.25) is 0 Å². The monoisotopic (exact) mass is 277 g/mol. The van der Waals surface area contributed by atoms with E-state index in [9.17, 15) is 4.79 Å². The summed E-state index contributed by atoms with van der Waals surface area (Å²) in [4.78, 5) is 12.4. The normalized spacial score (nSPS) is 29.7. The molecule has 0 bridgehead atoms. The number of hydrogen-bond donors (Lipinski definition) is 0. The van der Waals surface area contributed by atoms with Gasteiger partial charge in [0, 0.05) is 11.5 Å². The van der Waals surface area contributed by atoms with Crippen molar-refractivity contribution in [2.75, 3.05) is 7.11 Å². The highest BCUT2D eigenvalue weighted by atomic mass is 16.6. The zero-order chi connectivity index (χ0) is 14.9. The van der Waals surface area contributed by atoms with E-state index in [0.717, 1.165) is 0 Å². The zero-order valence-corrected chi connectivity index (χ0v) is 12.7. The van der Waals surface area contributed by atoms with Crippen LogP contribution in [0.25, 0.3) is 0 Å². The lowest BCUT2D eigenvalue weighted by Crippen LogP contribution is -2.70. The Bertz CT molecular complexity index is 638. The molecule has 1 aromatic rings. The Kier molecular flexibility index (Phi) is 2.35. The third-order valence-electron chi connectivity index (χ3n) is 5.07. The van der Waals surface area contributed by atoms with Crippen LogP contribution in [0, 0.1) is 12.3 Å². The van der Waals surface area contributed by atoms with Crippen molar-refractivity contribution in [1.29, 1.82) is 0 Å². The highest BCUT2D eigenvalue weighted by Crippen LogP contribution is 2.64. The van der Waals surface area contributed by atoms with E-state index < -0.39 is 5.60 Å². The molecule has 0 saturated carbocycles. The molecule has 1 aliphatic carbocycles. The minimum Gasteiger partial charge on any atom is -0.493 e. The van der Waals surface area contributed by atoms with Crippen LogP contribution >= 0.6 is 0 Å². The van der Waals surface area contributed by atoms with E-state index in [-0.39, 0.29) is 22.6 Å². The van der Waals surface area contributed by atoms with Crippen molar-refractivity contribution in [2.45, 2.75) is 45.8 Å². The summed E-state index contributed by atoms with van der Waals surface area (Å²) in [7, 11) is 1.49. The summed E-state index contributed by atoms with van der Waals surface area (Å²) < 4.78 is 16.6. The lowest BCUT2D eigenvalue weighted by atomic mass is 9.56. The van der Waals surface area contributed by atoms with Crippen LogP contribution in [0.4, 0.5) is 0 Å². The number of hydrogen-bond acceptors (Lipinski definition) is 5. The van der Waals surface area contributed by atoms with Crippen molar-refractivity contribution in [3.63, 3.8) is 0 Å². The predicted octanol–water partition coefficient (Wildman–Crippen LogP) is 2.74. The van der Waals surface area contributed by atoms with Gasteiger partial charge in [-0.25, -0.2) is 0 Å². The molecule has 1 fully saturated rings. The van der Waals surface area contributed by atoms with Gasteiger partial charge in [0.05, 0.1) is 18.3 Å². The van der Waals surface area contributed by atoms with Gasteiger partial charge in [-0.05, 0) is 20.8 Å². The minimum absolute atomic E-state index is 0.198. The lowest BCUT2D eigenvalue weighted by Gasteiger charge is -2.65. The van der Waals surface area contributed by atoms with Crippen LogP contribution in [-0.2, 0) is 15.1 Å². The number of ketones is 1. The molecule has 1 unspecified atom stereocenters.